The summed E-state index contributed by atoms with van der Waals surface area (Å²) >= 11 is 0. The SMILES string of the molecule is N#CCC(=O)C(Cc1cc(F)cc(F)c1)NC(=O)O. The first-order valence-electron chi connectivity index (χ1n) is 5.26. The third-order valence-electron chi connectivity index (χ3n) is 2.30. The number of hydrogen-bond donors (Lipinski definition) is 2. The third-order valence-corrected chi connectivity index (χ3v) is 2.30. The second-order valence-corrected chi connectivity index (χ2v) is 3.79. The average molecular weight is 268 g/mol. The summed E-state index contributed by atoms with van der Waals surface area (Å²) in [5.74, 6) is -2.30. The third kappa shape index (κ3) is 4.71. The maximum atomic E-state index is 13.0. The van der Waals surface area contributed by atoms with Crippen molar-refractivity contribution in [1.29, 1.82) is 5.26 Å². The van der Waals surface area contributed by atoms with E-state index in [0.29, 0.717) is 6.07 Å². The lowest BCUT2D eigenvalue weighted by Crippen LogP contribution is -2.41. The molecule has 0 aliphatic heterocycles. The van der Waals surface area contributed by atoms with Gasteiger partial charge in [0.2, 0.25) is 0 Å². The second kappa shape index (κ2) is 6.44. The van der Waals surface area contributed by atoms with Crippen LogP contribution in [0.2, 0.25) is 0 Å². The number of nitriles is 1. The first-order chi connectivity index (χ1) is 8.92. The van der Waals surface area contributed by atoms with Crippen molar-refractivity contribution in [2.24, 2.45) is 0 Å². The van der Waals surface area contributed by atoms with Crippen molar-refractivity contribution in [3.8, 4) is 6.07 Å². The molecule has 0 radical (unpaired) electrons. The molecule has 1 amide bonds. The fourth-order valence-electron chi connectivity index (χ4n) is 1.56. The highest BCUT2D eigenvalue weighted by Crippen LogP contribution is 2.11. The Bertz CT molecular complexity index is 520. The van der Waals surface area contributed by atoms with Gasteiger partial charge in [0.15, 0.2) is 5.78 Å². The molecule has 0 aromatic heterocycles. The number of ketones is 1. The monoisotopic (exact) mass is 268 g/mol. The van der Waals surface area contributed by atoms with Crippen LogP contribution in [0.25, 0.3) is 0 Å². The van der Waals surface area contributed by atoms with E-state index >= 15 is 0 Å². The first kappa shape index (κ1) is 14.6. The summed E-state index contributed by atoms with van der Waals surface area (Å²) in [6.07, 6.45) is -2.15. The normalized spacial score (nSPS) is 11.4. The van der Waals surface area contributed by atoms with E-state index in [1.807, 2.05) is 5.32 Å². The second-order valence-electron chi connectivity index (χ2n) is 3.79. The zero-order valence-electron chi connectivity index (χ0n) is 9.69. The highest BCUT2D eigenvalue weighted by Gasteiger charge is 2.21. The van der Waals surface area contributed by atoms with Crippen LogP contribution >= 0.6 is 0 Å². The molecule has 0 fully saturated rings. The summed E-state index contributed by atoms with van der Waals surface area (Å²) < 4.78 is 26.0. The number of rotatable bonds is 5. The number of nitrogens with zero attached hydrogens (tertiary/aromatic N) is 1. The van der Waals surface area contributed by atoms with Crippen LogP contribution in [0.3, 0.4) is 0 Å². The fourth-order valence-corrected chi connectivity index (χ4v) is 1.56. The molecule has 7 heteroatoms. The Morgan fingerprint density at radius 2 is 1.89 bits per heavy atom. The molecular formula is C12H10F2N2O3. The van der Waals surface area contributed by atoms with Gasteiger partial charge in [0, 0.05) is 12.5 Å². The molecular weight excluding hydrogens is 258 g/mol. The van der Waals surface area contributed by atoms with Gasteiger partial charge in [-0.3, -0.25) is 4.79 Å². The molecule has 1 aromatic carbocycles. The summed E-state index contributed by atoms with van der Waals surface area (Å²) in [5, 5.41) is 18.9. The molecule has 1 rings (SSSR count). The van der Waals surface area contributed by atoms with Gasteiger partial charge in [-0.1, -0.05) is 0 Å². The van der Waals surface area contributed by atoms with Crippen LogP contribution < -0.4 is 5.32 Å². The maximum absolute atomic E-state index is 13.0. The number of amides is 1. The van der Waals surface area contributed by atoms with Gasteiger partial charge in [-0.2, -0.15) is 5.26 Å². The molecule has 19 heavy (non-hydrogen) atoms. The Kier molecular flexibility index (Phi) is 4.94. The molecule has 1 unspecified atom stereocenters. The topological polar surface area (TPSA) is 90.2 Å². The van der Waals surface area contributed by atoms with E-state index in [9.17, 15) is 18.4 Å². The van der Waals surface area contributed by atoms with Gasteiger partial charge in [0.05, 0.1) is 18.5 Å². The Hall–Kier alpha value is -2.49. The van der Waals surface area contributed by atoms with Gasteiger partial charge < -0.3 is 10.4 Å². The summed E-state index contributed by atoms with van der Waals surface area (Å²) in [5.41, 5.74) is 0.127. The lowest BCUT2D eigenvalue weighted by molar-refractivity contribution is -0.120. The largest absolute Gasteiger partial charge is 0.465 e. The minimum atomic E-state index is -1.45. The lowest BCUT2D eigenvalue weighted by atomic mass is 10.0. The minimum absolute atomic E-state index is 0.127. The van der Waals surface area contributed by atoms with Crippen LogP contribution in [-0.4, -0.2) is 23.0 Å². The number of Topliss-reactive ketones (excluding diaryl/α,β-unsaturated/α-hetero) is 1. The number of carbonyl (C=O) groups excluding carboxylic acids is 1. The summed E-state index contributed by atoms with van der Waals surface area (Å²) in [7, 11) is 0. The Morgan fingerprint density at radius 1 is 1.32 bits per heavy atom. The van der Waals surface area contributed by atoms with Crippen molar-refractivity contribution in [1.82, 2.24) is 5.32 Å². The minimum Gasteiger partial charge on any atom is -0.465 e. The van der Waals surface area contributed by atoms with Gasteiger partial charge in [-0.25, -0.2) is 13.6 Å². The molecule has 100 valence electrons. The average Bonchev–Trinajstić information content (AvgIpc) is 2.26. The number of benzene rings is 1. The van der Waals surface area contributed by atoms with Gasteiger partial charge >= 0.3 is 6.09 Å². The van der Waals surface area contributed by atoms with Crippen LogP contribution in [0.1, 0.15) is 12.0 Å². The van der Waals surface area contributed by atoms with E-state index in [1.165, 1.54) is 0 Å². The van der Waals surface area contributed by atoms with Gasteiger partial charge in [-0.15, -0.1) is 0 Å². The highest BCUT2D eigenvalue weighted by molar-refractivity contribution is 5.88. The summed E-state index contributed by atoms with van der Waals surface area (Å²) in [4.78, 5) is 22.1. The summed E-state index contributed by atoms with van der Waals surface area (Å²) in [6.45, 7) is 0. The lowest BCUT2D eigenvalue weighted by Gasteiger charge is -2.14. The molecule has 0 saturated carbocycles. The van der Waals surface area contributed by atoms with E-state index in [0.717, 1.165) is 12.1 Å². The van der Waals surface area contributed by atoms with Crippen molar-refractivity contribution < 1.29 is 23.5 Å². The molecule has 5 nitrogen and oxygen atoms in total. The van der Waals surface area contributed by atoms with Crippen LogP contribution in [0.5, 0.6) is 0 Å². The van der Waals surface area contributed by atoms with Crippen molar-refractivity contribution in [3.63, 3.8) is 0 Å². The molecule has 0 aliphatic carbocycles. The Balaban J connectivity index is 2.90. The van der Waals surface area contributed by atoms with Crippen LogP contribution in [0, 0.1) is 23.0 Å². The quantitative estimate of drug-likeness (QED) is 0.849. The van der Waals surface area contributed by atoms with E-state index in [2.05, 4.69) is 0 Å². The zero-order valence-corrected chi connectivity index (χ0v) is 9.69. The molecule has 2 N–H and O–H groups in total. The molecule has 0 heterocycles. The standard InChI is InChI=1S/C12H10F2N2O3/c13-8-3-7(4-9(14)6-8)5-10(16-12(18)19)11(17)1-2-15/h3-4,6,10,16H,1,5H2,(H,18,19). The van der Waals surface area contributed by atoms with Gasteiger partial charge in [0.25, 0.3) is 0 Å². The van der Waals surface area contributed by atoms with Crippen molar-refractivity contribution in [2.45, 2.75) is 18.9 Å². The highest BCUT2D eigenvalue weighted by atomic mass is 19.1. The molecule has 0 bridgehead atoms. The van der Waals surface area contributed by atoms with Crippen molar-refractivity contribution in [2.75, 3.05) is 0 Å². The molecule has 0 saturated heterocycles. The van der Waals surface area contributed by atoms with E-state index in [4.69, 9.17) is 10.4 Å². The molecule has 0 spiro atoms. The van der Waals surface area contributed by atoms with Gasteiger partial charge in [0.1, 0.15) is 11.6 Å². The van der Waals surface area contributed by atoms with Crippen LogP contribution in [0.15, 0.2) is 18.2 Å². The zero-order chi connectivity index (χ0) is 14.4. The smallest absolute Gasteiger partial charge is 0.405 e. The Labute approximate surface area is 107 Å². The first-order valence-corrected chi connectivity index (χ1v) is 5.26. The molecule has 1 atom stereocenters. The number of halogens is 2. The van der Waals surface area contributed by atoms with E-state index in [1.54, 1.807) is 6.07 Å². The maximum Gasteiger partial charge on any atom is 0.405 e. The van der Waals surface area contributed by atoms with Crippen molar-refractivity contribution in [3.05, 3.63) is 35.4 Å². The van der Waals surface area contributed by atoms with Crippen LogP contribution in [0.4, 0.5) is 13.6 Å². The Morgan fingerprint density at radius 3 is 2.37 bits per heavy atom. The van der Waals surface area contributed by atoms with Crippen molar-refractivity contribution >= 4 is 11.9 Å². The predicted octanol–water partition coefficient (Wildman–Crippen LogP) is 1.63. The van der Waals surface area contributed by atoms with E-state index < -0.39 is 36.0 Å². The fraction of sp³-hybridized carbons (Fsp3) is 0.250. The molecule has 0 aliphatic rings. The molecule has 1 aromatic rings. The van der Waals surface area contributed by atoms with Gasteiger partial charge in [-0.05, 0) is 17.7 Å². The number of carbonyl (C=O) groups is 2. The number of carboxylic acid groups (broad SMARTS) is 1. The van der Waals surface area contributed by atoms with E-state index in [-0.39, 0.29) is 12.0 Å². The predicted molar refractivity (Wildman–Crippen MR) is 60.2 cm³/mol. The summed E-state index contributed by atoms with van der Waals surface area (Å²) in [6, 6.07) is 3.05. The number of hydrogen-bond acceptors (Lipinski definition) is 3. The number of nitrogens with one attached hydrogen (secondary N) is 1. The van der Waals surface area contributed by atoms with Crippen LogP contribution in [-0.2, 0) is 11.2 Å².